The summed E-state index contributed by atoms with van der Waals surface area (Å²) in [7, 11) is 0. The number of hydrogen-bond donors (Lipinski definition) is 2. The second-order valence-electron chi connectivity index (χ2n) is 4.76. The van der Waals surface area contributed by atoms with Gasteiger partial charge < -0.3 is 10.2 Å². The summed E-state index contributed by atoms with van der Waals surface area (Å²) < 4.78 is 0. The van der Waals surface area contributed by atoms with E-state index >= 15 is 0 Å². The summed E-state index contributed by atoms with van der Waals surface area (Å²) in [6.45, 7) is 1.71. The van der Waals surface area contributed by atoms with Crippen LogP contribution in [0.2, 0.25) is 0 Å². The van der Waals surface area contributed by atoms with Crippen molar-refractivity contribution in [1.29, 1.82) is 0 Å². The van der Waals surface area contributed by atoms with E-state index in [0.717, 1.165) is 25.9 Å². The Kier molecular flexibility index (Phi) is 5.53. The van der Waals surface area contributed by atoms with Crippen molar-refractivity contribution in [1.82, 2.24) is 5.32 Å². The predicted molar refractivity (Wildman–Crippen MR) is 79.8 cm³/mol. The van der Waals surface area contributed by atoms with E-state index in [2.05, 4.69) is 52.6 Å². The van der Waals surface area contributed by atoms with Gasteiger partial charge in [0.1, 0.15) is 0 Å². The summed E-state index contributed by atoms with van der Waals surface area (Å²) in [4.78, 5) is 15.0. The Labute approximate surface area is 118 Å². The van der Waals surface area contributed by atoms with Crippen LogP contribution in [0.1, 0.15) is 24.8 Å². The molecular formula is C16H20N2O2. The van der Waals surface area contributed by atoms with Crippen LogP contribution < -0.4 is 11.2 Å². The van der Waals surface area contributed by atoms with Crippen LogP contribution >= 0.6 is 0 Å². The molecule has 0 unspecified atom stereocenters. The molecule has 4 nitrogen and oxygen atoms in total. The zero-order chi connectivity index (χ0) is 14.2. The Balaban J connectivity index is 1.77. The van der Waals surface area contributed by atoms with Gasteiger partial charge in [0.05, 0.1) is 0 Å². The van der Waals surface area contributed by atoms with Crippen LogP contribution in [-0.4, -0.2) is 12.5 Å². The summed E-state index contributed by atoms with van der Waals surface area (Å²) in [6, 6.07) is 14.7. The van der Waals surface area contributed by atoms with Crippen LogP contribution in [0.3, 0.4) is 0 Å². The smallest absolute Gasteiger partial charge is 0.324 e. The largest absolute Gasteiger partial charge is 0.373 e. The zero-order valence-electron chi connectivity index (χ0n) is 11.5. The molecule has 0 radical (unpaired) electrons. The van der Waals surface area contributed by atoms with E-state index < -0.39 is 0 Å². The topological polar surface area (TPSA) is 64.3 Å². The average Bonchev–Trinajstić information content (AvgIpc) is 2.50. The molecule has 2 aromatic rings. The van der Waals surface area contributed by atoms with E-state index in [-0.39, 0.29) is 5.97 Å². The summed E-state index contributed by atoms with van der Waals surface area (Å²) in [6.07, 6.45) is 2.10. The molecule has 0 aliphatic rings. The highest BCUT2D eigenvalue weighted by Gasteiger charge is 2.01. The van der Waals surface area contributed by atoms with Crippen molar-refractivity contribution in [2.24, 2.45) is 5.90 Å². The molecule has 0 aliphatic heterocycles. The molecule has 4 heteroatoms. The fourth-order valence-corrected chi connectivity index (χ4v) is 2.25. The van der Waals surface area contributed by atoms with Gasteiger partial charge in [-0.2, -0.15) is 5.90 Å². The van der Waals surface area contributed by atoms with E-state index in [0.29, 0.717) is 6.42 Å². The minimum absolute atomic E-state index is 0.348. The lowest BCUT2D eigenvalue weighted by atomic mass is 10.0. The summed E-state index contributed by atoms with van der Waals surface area (Å²) in [5, 5.41) is 5.95. The number of unbranched alkanes of at least 4 members (excludes halogenated alkanes) is 1. The Bertz CT molecular complexity index is 564. The lowest BCUT2D eigenvalue weighted by Crippen LogP contribution is -2.16. The number of fused-ring (bicyclic) bond motifs is 1. The fourth-order valence-electron chi connectivity index (χ4n) is 2.25. The van der Waals surface area contributed by atoms with E-state index in [1.54, 1.807) is 0 Å². The molecule has 0 bridgehead atoms. The van der Waals surface area contributed by atoms with Crippen LogP contribution in [0.25, 0.3) is 10.8 Å². The molecule has 0 aliphatic carbocycles. The molecule has 2 rings (SSSR count). The Morgan fingerprint density at radius 3 is 2.75 bits per heavy atom. The summed E-state index contributed by atoms with van der Waals surface area (Å²) in [5.41, 5.74) is 1.30. The van der Waals surface area contributed by atoms with Gasteiger partial charge in [-0.1, -0.05) is 42.5 Å². The molecule has 0 spiro atoms. The van der Waals surface area contributed by atoms with E-state index in [1.165, 1.54) is 16.3 Å². The number of nitrogens with two attached hydrogens (primary N) is 1. The summed E-state index contributed by atoms with van der Waals surface area (Å²) >= 11 is 0. The number of carbonyl (C=O) groups is 1. The van der Waals surface area contributed by atoms with Gasteiger partial charge in [0.2, 0.25) is 0 Å². The maximum atomic E-state index is 10.8. The number of nitrogens with one attached hydrogen (secondary N) is 1. The first-order valence-electron chi connectivity index (χ1n) is 6.88. The van der Waals surface area contributed by atoms with E-state index in [1.807, 2.05) is 0 Å². The molecule has 0 amide bonds. The van der Waals surface area contributed by atoms with Gasteiger partial charge in [0, 0.05) is 13.0 Å². The van der Waals surface area contributed by atoms with Crippen molar-refractivity contribution in [3.8, 4) is 0 Å². The molecule has 106 valence electrons. The lowest BCUT2D eigenvalue weighted by Gasteiger charge is -2.08. The Morgan fingerprint density at radius 1 is 1.10 bits per heavy atom. The third-order valence-corrected chi connectivity index (χ3v) is 3.31. The van der Waals surface area contributed by atoms with E-state index in [4.69, 9.17) is 5.90 Å². The van der Waals surface area contributed by atoms with Gasteiger partial charge in [-0.3, -0.25) is 4.79 Å². The highest BCUT2D eigenvalue weighted by molar-refractivity contribution is 5.85. The van der Waals surface area contributed by atoms with Crippen LogP contribution in [0.15, 0.2) is 42.5 Å². The predicted octanol–water partition coefficient (Wildman–Crippen LogP) is 2.52. The summed E-state index contributed by atoms with van der Waals surface area (Å²) in [5.74, 6) is 4.43. The van der Waals surface area contributed by atoms with Crippen molar-refractivity contribution in [2.45, 2.75) is 25.8 Å². The monoisotopic (exact) mass is 272 g/mol. The van der Waals surface area contributed by atoms with Crippen LogP contribution in [-0.2, 0) is 16.2 Å². The van der Waals surface area contributed by atoms with Gasteiger partial charge >= 0.3 is 5.97 Å². The Morgan fingerprint density at radius 2 is 1.90 bits per heavy atom. The third-order valence-electron chi connectivity index (χ3n) is 3.31. The van der Waals surface area contributed by atoms with Crippen LogP contribution in [0.4, 0.5) is 0 Å². The average molecular weight is 272 g/mol. The molecule has 0 fully saturated rings. The first kappa shape index (κ1) is 14.5. The quantitative estimate of drug-likeness (QED) is 0.600. The molecular weight excluding hydrogens is 252 g/mol. The molecule has 2 aromatic carbocycles. The second kappa shape index (κ2) is 7.62. The van der Waals surface area contributed by atoms with Gasteiger partial charge in [-0.05, 0) is 35.7 Å². The SMILES string of the molecule is NOC(=O)CCCCNCc1cccc2ccccc12. The van der Waals surface area contributed by atoms with Gasteiger partial charge in [-0.15, -0.1) is 0 Å². The lowest BCUT2D eigenvalue weighted by molar-refractivity contribution is -0.144. The molecule has 0 heterocycles. The van der Waals surface area contributed by atoms with Gasteiger partial charge in [0.15, 0.2) is 0 Å². The minimum atomic E-state index is -0.348. The van der Waals surface area contributed by atoms with Crippen LogP contribution in [0, 0.1) is 0 Å². The second-order valence-corrected chi connectivity index (χ2v) is 4.76. The van der Waals surface area contributed by atoms with Crippen LogP contribution in [0.5, 0.6) is 0 Å². The highest BCUT2D eigenvalue weighted by Crippen LogP contribution is 2.18. The first-order valence-corrected chi connectivity index (χ1v) is 6.88. The maximum Gasteiger partial charge on any atom is 0.324 e. The highest BCUT2D eigenvalue weighted by atomic mass is 16.7. The zero-order valence-corrected chi connectivity index (χ0v) is 11.5. The molecule has 20 heavy (non-hydrogen) atoms. The molecule has 0 aromatic heterocycles. The first-order chi connectivity index (χ1) is 9.81. The Hall–Kier alpha value is -1.91. The van der Waals surface area contributed by atoms with Crippen molar-refractivity contribution < 1.29 is 9.63 Å². The van der Waals surface area contributed by atoms with Gasteiger partial charge in [0.25, 0.3) is 0 Å². The van der Waals surface area contributed by atoms with Gasteiger partial charge in [-0.25, -0.2) is 0 Å². The van der Waals surface area contributed by atoms with E-state index in [9.17, 15) is 4.79 Å². The molecule has 0 saturated heterocycles. The molecule has 0 atom stereocenters. The normalized spacial score (nSPS) is 10.7. The number of hydrogen-bond acceptors (Lipinski definition) is 4. The fraction of sp³-hybridized carbons (Fsp3) is 0.312. The number of carbonyl (C=O) groups excluding carboxylic acids is 1. The van der Waals surface area contributed by atoms with Crippen molar-refractivity contribution in [2.75, 3.05) is 6.54 Å². The maximum absolute atomic E-state index is 10.8. The van der Waals surface area contributed by atoms with Crippen molar-refractivity contribution in [3.63, 3.8) is 0 Å². The number of rotatable bonds is 7. The standard InChI is InChI=1S/C16H20N2O2/c17-20-16(19)10-3-4-11-18-12-14-8-5-7-13-6-1-2-9-15(13)14/h1-2,5-9,18H,3-4,10-12,17H2. The number of benzene rings is 2. The molecule has 0 saturated carbocycles. The third kappa shape index (κ3) is 4.05. The minimum Gasteiger partial charge on any atom is -0.373 e. The van der Waals surface area contributed by atoms with Crippen molar-refractivity contribution >= 4 is 16.7 Å². The van der Waals surface area contributed by atoms with Crippen molar-refractivity contribution in [3.05, 3.63) is 48.0 Å². The molecule has 3 N–H and O–H groups in total.